The molecule has 1 amide bonds. The highest BCUT2D eigenvalue weighted by molar-refractivity contribution is 7.20. The van der Waals surface area contributed by atoms with Gasteiger partial charge in [-0.25, -0.2) is 4.98 Å². The van der Waals surface area contributed by atoms with Gasteiger partial charge in [-0.05, 0) is 73.9 Å². The summed E-state index contributed by atoms with van der Waals surface area (Å²) >= 11 is 14.1. The molecule has 0 spiro atoms. The van der Waals surface area contributed by atoms with E-state index < -0.39 is 17.6 Å². The molecule has 5 atom stereocenters. The Kier molecular flexibility index (Phi) is 9.31. The van der Waals surface area contributed by atoms with Crippen molar-refractivity contribution in [2.45, 2.75) is 69.9 Å². The smallest absolute Gasteiger partial charge is 0.312 e. The summed E-state index contributed by atoms with van der Waals surface area (Å²) < 4.78 is 12.5. The van der Waals surface area contributed by atoms with Crippen molar-refractivity contribution in [3.05, 3.63) is 70.2 Å². The molecule has 1 aromatic heterocycles. The van der Waals surface area contributed by atoms with Gasteiger partial charge < -0.3 is 14.4 Å². The van der Waals surface area contributed by atoms with E-state index in [9.17, 15) is 14.4 Å². The summed E-state index contributed by atoms with van der Waals surface area (Å²) in [5.74, 6) is -0.967. The van der Waals surface area contributed by atoms with E-state index in [2.05, 4.69) is 17.1 Å². The first kappa shape index (κ1) is 31.1. The van der Waals surface area contributed by atoms with Gasteiger partial charge in [-0.3, -0.25) is 14.4 Å². The minimum Gasteiger partial charge on any atom is -0.469 e. The van der Waals surface area contributed by atoms with Crippen molar-refractivity contribution < 1.29 is 23.9 Å². The molecule has 3 heterocycles. The predicted octanol–water partition coefficient (Wildman–Crippen LogP) is 7.47. The van der Waals surface area contributed by atoms with E-state index in [0.717, 1.165) is 41.5 Å². The Bertz CT molecular complexity index is 1540. The summed E-state index contributed by atoms with van der Waals surface area (Å²) in [4.78, 5) is 47.8. The average Bonchev–Trinajstić information content (AvgIpc) is 3.31. The molecule has 0 radical (unpaired) electrons. The van der Waals surface area contributed by atoms with E-state index in [-0.39, 0.29) is 42.5 Å². The molecule has 2 fully saturated rings. The van der Waals surface area contributed by atoms with E-state index in [1.54, 1.807) is 11.0 Å². The number of nitrogens with zero attached hydrogens (tertiary/aromatic N) is 2. The van der Waals surface area contributed by atoms with E-state index in [4.69, 9.17) is 32.7 Å². The van der Waals surface area contributed by atoms with Gasteiger partial charge in [0.2, 0.25) is 5.91 Å². The Morgan fingerprint density at radius 1 is 1.11 bits per heavy atom. The van der Waals surface area contributed by atoms with Crippen molar-refractivity contribution in [2.24, 2.45) is 17.3 Å². The molecule has 7 nitrogen and oxygen atoms in total. The van der Waals surface area contributed by atoms with Crippen LogP contribution in [-0.4, -0.2) is 53.3 Å². The van der Waals surface area contributed by atoms with Crippen molar-refractivity contribution in [3.8, 4) is 5.19 Å². The lowest BCUT2D eigenvalue weighted by Gasteiger charge is -2.29. The molecule has 6 rings (SSSR count). The highest BCUT2D eigenvalue weighted by atomic mass is 35.5. The average molecular weight is 656 g/mol. The lowest BCUT2D eigenvalue weighted by atomic mass is 9.90. The van der Waals surface area contributed by atoms with E-state index in [1.165, 1.54) is 18.4 Å². The number of carbonyl (C=O) groups excluding carboxylic acids is 3. The summed E-state index contributed by atoms with van der Waals surface area (Å²) in [7, 11) is 1.37. The summed E-state index contributed by atoms with van der Waals surface area (Å²) in [6, 6.07) is 12.5. The molecule has 0 N–H and O–H groups in total. The van der Waals surface area contributed by atoms with Crippen LogP contribution in [0.4, 0.5) is 0 Å². The van der Waals surface area contributed by atoms with Crippen molar-refractivity contribution in [1.82, 2.24) is 9.88 Å². The monoisotopic (exact) mass is 654 g/mol. The summed E-state index contributed by atoms with van der Waals surface area (Å²) in [6.07, 6.45) is 9.63. The molecule has 0 bridgehead atoms. The molecular weight excluding hydrogens is 619 g/mol. The van der Waals surface area contributed by atoms with Gasteiger partial charge in [0.25, 0.3) is 5.19 Å². The zero-order valence-corrected chi connectivity index (χ0v) is 27.0. The number of hydrogen-bond acceptors (Lipinski definition) is 7. The van der Waals surface area contributed by atoms with Crippen LogP contribution in [0.5, 0.6) is 5.19 Å². The zero-order chi connectivity index (χ0) is 30.8. The normalized spacial score (nSPS) is 28.5. The number of para-hydroxylation sites is 1. The number of thiazole rings is 1. The molecule has 1 saturated heterocycles. The maximum atomic E-state index is 14.4. The molecule has 10 heteroatoms. The lowest BCUT2D eigenvalue weighted by molar-refractivity contribution is -0.150. The summed E-state index contributed by atoms with van der Waals surface area (Å²) in [6.45, 7) is 0.270. The molecule has 3 aromatic rings. The highest BCUT2D eigenvalue weighted by Gasteiger charge is 2.61. The number of aromatic nitrogens is 1. The SMILES string of the molecule is COC(=O)[C@]12CC(=O)[C@@H]3C[C@@H](Oc4nc5ccccc5s4)CN3C(=O)[C@@H](Cc3cc(Cl)cc(Cl)c3)CCCCC/C=C\[C@H]1C2. The maximum Gasteiger partial charge on any atom is 0.312 e. The van der Waals surface area contributed by atoms with Crippen molar-refractivity contribution in [2.75, 3.05) is 13.7 Å². The molecule has 0 unspecified atom stereocenters. The Balaban J connectivity index is 1.30. The van der Waals surface area contributed by atoms with Crippen LogP contribution in [0.15, 0.2) is 54.6 Å². The van der Waals surface area contributed by atoms with E-state index >= 15 is 0 Å². The van der Waals surface area contributed by atoms with Gasteiger partial charge >= 0.3 is 5.97 Å². The van der Waals surface area contributed by atoms with Gasteiger partial charge in [-0.15, -0.1) is 0 Å². The molecule has 3 aliphatic rings. The van der Waals surface area contributed by atoms with Crippen LogP contribution < -0.4 is 4.74 Å². The van der Waals surface area contributed by atoms with Gasteiger partial charge in [0.1, 0.15) is 6.10 Å². The number of carbonyl (C=O) groups is 3. The fourth-order valence-electron chi connectivity index (χ4n) is 6.85. The first-order chi connectivity index (χ1) is 21.3. The highest BCUT2D eigenvalue weighted by Crippen LogP contribution is 2.57. The lowest BCUT2D eigenvalue weighted by Crippen LogP contribution is -2.45. The number of amides is 1. The number of ether oxygens (including phenoxy) is 2. The molecule has 2 aliphatic heterocycles. The van der Waals surface area contributed by atoms with Crippen LogP contribution >= 0.6 is 34.5 Å². The topological polar surface area (TPSA) is 85.8 Å². The van der Waals surface area contributed by atoms with Crippen LogP contribution in [0.25, 0.3) is 10.2 Å². The van der Waals surface area contributed by atoms with Crippen LogP contribution in [-0.2, 0) is 25.5 Å². The Morgan fingerprint density at radius 3 is 2.68 bits per heavy atom. The van der Waals surface area contributed by atoms with Crippen molar-refractivity contribution in [1.29, 1.82) is 0 Å². The van der Waals surface area contributed by atoms with Crippen LogP contribution in [0.1, 0.15) is 56.9 Å². The molecule has 1 aliphatic carbocycles. The number of esters is 1. The van der Waals surface area contributed by atoms with E-state index in [0.29, 0.717) is 40.9 Å². The fourth-order valence-corrected chi connectivity index (χ4v) is 8.31. The predicted molar refractivity (Wildman–Crippen MR) is 172 cm³/mol. The number of halogens is 2. The van der Waals surface area contributed by atoms with Crippen LogP contribution in [0.3, 0.4) is 0 Å². The number of allylic oxidation sites excluding steroid dienone is 2. The minimum atomic E-state index is -0.875. The standard InChI is InChI=1S/C34H36Cl2N2O5S/c1-42-32(41)34-18-23(34)10-6-4-2-3-5-9-22(13-21-14-24(35)16-25(36)15-21)31(40)38-20-26(17-28(38)29(39)19-34)43-33-37-27-11-7-8-12-30(27)44-33/h6-8,10-12,14-16,22-23,26,28H,2-5,9,13,17-20H2,1H3/b10-6-/t22-,23+,26-,28+,34-/m1/s1. The van der Waals surface area contributed by atoms with Crippen LogP contribution in [0.2, 0.25) is 10.0 Å². The van der Waals surface area contributed by atoms with Gasteiger partial charge in [0.15, 0.2) is 5.78 Å². The third-order valence-electron chi connectivity index (χ3n) is 9.22. The van der Waals surface area contributed by atoms with E-state index in [1.807, 2.05) is 36.4 Å². The summed E-state index contributed by atoms with van der Waals surface area (Å²) in [5.41, 5.74) is 0.859. The second-order valence-corrected chi connectivity index (χ2v) is 14.1. The molecule has 44 heavy (non-hydrogen) atoms. The van der Waals surface area contributed by atoms with Gasteiger partial charge in [-0.1, -0.05) is 71.7 Å². The summed E-state index contributed by atoms with van der Waals surface area (Å²) in [5, 5.41) is 1.56. The number of fused-ring (bicyclic) bond motifs is 3. The first-order valence-corrected chi connectivity index (χ1v) is 16.9. The van der Waals surface area contributed by atoms with Gasteiger partial charge in [0.05, 0.1) is 35.3 Å². The molecule has 2 aromatic carbocycles. The van der Waals surface area contributed by atoms with Crippen molar-refractivity contribution in [3.63, 3.8) is 0 Å². The Labute approximate surface area is 271 Å². The third kappa shape index (κ3) is 6.68. The maximum absolute atomic E-state index is 14.4. The van der Waals surface area contributed by atoms with Gasteiger partial charge in [-0.2, -0.15) is 0 Å². The second kappa shape index (κ2) is 13.2. The second-order valence-electron chi connectivity index (χ2n) is 12.3. The van der Waals surface area contributed by atoms with Gasteiger partial charge in [0, 0.05) is 28.8 Å². The number of Topliss-reactive ketones (excluding diaryl/α,β-unsaturated/α-hetero) is 1. The zero-order valence-electron chi connectivity index (χ0n) is 24.7. The largest absolute Gasteiger partial charge is 0.469 e. The minimum absolute atomic E-state index is 0.0333. The Morgan fingerprint density at radius 2 is 1.91 bits per heavy atom. The fraction of sp³-hybridized carbons (Fsp3) is 0.471. The Hall–Kier alpha value is -2.94. The number of rotatable bonds is 5. The number of ketones is 1. The quantitative estimate of drug-likeness (QED) is 0.210. The molecule has 1 saturated carbocycles. The number of benzene rings is 2. The van der Waals surface area contributed by atoms with Crippen molar-refractivity contribution >= 4 is 62.4 Å². The number of hydrogen-bond donors (Lipinski definition) is 0. The molecular formula is C34H36Cl2N2O5S. The first-order valence-electron chi connectivity index (χ1n) is 15.3. The molecule has 232 valence electrons. The number of methoxy groups -OCH3 is 1. The van der Waals surface area contributed by atoms with Crippen LogP contribution in [0, 0.1) is 17.3 Å². The third-order valence-corrected chi connectivity index (χ3v) is 10.6.